The van der Waals surface area contributed by atoms with Crippen molar-refractivity contribution in [2.75, 3.05) is 6.61 Å². The zero-order valence-electron chi connectivity index (χ0n) is 12.3. The Kier molecular flexibility index (Phi) is 7.01. The predicted octanol–water partition coefficient (Wildman–Crippen LogP) is 2.47. The number of ether oxygens (including phenoxy) is 1. The summed E-state index contributed by atoms with van der Waals surface area (Å²) < 4.78 is 5.39. The van der Waals surface area contributed by atoms with E-state index in [2.05, 4.69) is 5.32 Å². The van der Waals surface area contributed by atoms with Crippen molar-refractivity contribution >= 4 is 18.0 Å². The number of hydrogen-bond donors (Lipinski definition) is 2. The molecule has 2 N–H and O–H groups in total. The number of amides is 1. The maximum Gasteiger partial charge on any atom is 0.328 e. The van der Waals surface area contributed by atoms with E-state index >= 15 is 0 Å². The zero-order valence-corrected chi connectivity index (χ0v) is 12.3. The number of carbonyl (C=O) groups excluding carboxylic acids is 1. The Morgan fingerprint density at radius 1 is 1.24 bits per heavy atom. The first-order chi connectivity index (χ1) is 10.0. The van der Waals surface area contributed by atoms with Gasteiger partial charge in [-0.2, -0.15) is 0 Å². The quantitative estimate of drug-likeness (QED) is 0.721. The molecule has 0 spiro atoms. The van der Waals surface area contributed by atoms with Gasteiger partial charge in [-0.1, -0.05) is 26.0 Å². The van der Waals surface area contributed by atoms with Gasteiger partial charge in [0.15, 0.2) is 6.61 Å². The van der Waals surface area contributed by atoms with Gasteiger partial charge in [-0.15, -0.1) is 0 Å². The fourth-order valence-corrected chi connectivity index (χ4v) is 1.75. The molecule has 0 heterocycles. The number of aliphatic carboxylic acids is 1. The smallest absolute Gasteiger partial charge is 0.328 e. The number of nitrogens with one attached hydrogen (secondary N) is 1. The van der Waals surface area contributed by atoms with E-state index in [1.165, 1.54) is 6.08 Å². The SMILES string of the molecule is CCC(CC)NC(=O)COc1ccc(C=CC(=O)O)cc1. The number of rotatable bonds is 8. The molecule has 5 heteroatoms. The summed E-state index contributed by atoms with van der Waals surface area (Å²) in [5.74, 6) is -0.561. The average Bonchev–Trinajstić information content (AvgIpc) is 2.49. The maximum atomic E-state index is 11.7. The zero-order chi connectivity index (χ0) is 15.7. The molecule has 0 bridgehead atoms. The van der Waals surface area contributed by atoms with Crippen LogP contribution in [0.1, 0.15) is 32.3 Å². The van der Waals surface area contributed by atoms with Crippen molar-refractivity contribution < 1.29 is 19.4 Å². The second kappa shape index (κ2) is 8.79. The van der Waals surface area contributed by atoms with Crippen LogP contribution in [-0.4, -0.2) is 29.6 Å². The molecule has 1 rings (SSSR count). The van der Waals surface area contributed by atoms with Crippen LogP contribution in [0.4, 0.5) is 0 Å². The van der Waals surface area contributed by atoms with Gasteiger partial charge in [-0.3, -0.25) is 4.79 Å². The second-order valence-corrected chi connectivity index (χ2v) is 4.61. The van der Waals surface area contributed by atoms with E-state index in [0.29, 0.717) is 5.75 Å². The van der Waals surface area contributed by atoms with Crippen molar-refractivity contribution in [1.29, 1.82) is 0 Å². The standard InChI is InChI=1S/C16H21NO4/c1-3-13(4-2)17-15(18)11-21-14-8-5-12(6-9-14)7-10-16(19)20/h5-10,13H,3-4,11H2,1-2H3,(H,17,18)(H,19,20). The van der Waals surface area contributed by atoms with Crippen LogP contribution in [0.2, 0.25) is 0 Å². The Balaban J connectivity index is 2.45. The molecule has 21 heavy (non-hydrogen) atoms. The molecule has 1 amide bonds. The van der Waals surface area contributed by atoms with Gasteiger partial charge in [0.2, 0.25) is 0 Å². The number of benzene rings is 1. The van der Waals surface area contributed by atoms with Crippen molar-refractivity contribution in [1.82, 2.24) is 5.32 Å². The van der Waals surface area contributed by atoms with Crippen molar-refractivity contribution in [2.45, 2.75) is 32.7 Å². The molecule has 0 unspecified atom stereocenters. The van der Waals surface area contributed by atoms with Crippen LogP contribution in [0.25, 0.3) is 6.08 Å². The lowest BCUT2D eigenvalue weighted by Crippen LogP contribution is -2.37. The molecular formula is C16H21NO4. The number of carbonyl (C=O) groups is 2. The number of carboxylic acids is 1. The number of carboxylic acid groups (broad SMARTS) is 1. The third kappa shape index (κ3) is 6.61. The van der Waals surface area contributed by atoms with Gasteiger partial charge in [0.05, 0.1) is 0 Å². The first kappa shape index (κ1) is 16.8. The highest BCUT2D eigenvalue weighted by Crippen LogP contribution is 2.13. The summed E-state index contributed by atoms with van der Waals surface area (Å²) >= 11 is 0. The van der Waals surface area contributed by atoms with Crippen LogP contribution in [0.15, 0.2) is 30.3 Å². The van der Waals surface area contributed by atoms with Crippen LogP contribution < -0.4 is 10.1 Å². The normalized spacial score (nSPS) is 10.8. The van der Waals surface area contributed by atoms with Gasteiger partial charge < -0.3 is 15.2 Å². The summed E-state index contributed by atoms with van der Waals surface area (Å²) in [6.07, 6.45) is 4.35. The van der Waals surface area contributed by atoms with E-state index in [-0.39, 0.29) is 18.6 Å². The Morgan fingerprint density at radius 3 is 2.38 bits per heavy atom. The molecule has 0 radical (unpaired) electrons. The van der Waals surface area contributed by atoms with E-state index in [1.807, 2.05) is 13.8 Å². The van der Waals surface area contributed by atoms with Gasteiger partial charge >= 0.3 is 5.97 Å². The first-order valence-electron chi connectivity index (χ1n) is 6.98. The molecule has 114 valence electrons. The largest absolute Gasteiger partial charge is 0.484 e. The molecule has 0 aromatic heterocycles. The molecule has 0 atom stereocenters. The summed E-state index contributed by atoms with van der Waals surface area (Å²) in [4.78, 5) is 22.1. The van der Waals surface area contributed by atoms with E-state index < -0.39 is 5.97 Å². The molecule has 0 aliphatic carbocycles. The van der Waals surface area contributed by atoms with Gasteiger partial charge in [0.1, 0.15) is 5.75 Å². The maximum absolute atomic E-state index is 11.7. The molecular weight excluding hydrogens is 270 g/mol. The first-order valence-corrected chi connectivity index (χ1v) is 6.98. The van der Waals surface area contributed by atoms with Crippen molar-refractivity contribution in [2.24, 2.45) is 0 Å². The summed E-state index contributed by atoms with van der Waals surface area (Å²) in [6, 6.07) is 7.04. The lowest BCUT2D eigenvalue weighted by Gasteiger charge is -2.14. The van der Waals surface area contributed by atoms with Gasteiger partial charge in [0.25, 0.3) is 5.91 Å². The third-order valence-electron chi connectivity index (χ3n) is 3.02. The molecule has 1 aromatic carbocycles. The van der Waals surface area contributed by atoms with E-state index in [0.717, 1.165) is 24.5 Å². The molecule has 0 fully saturated rings. The van der Waals surface area contributed by atoms with Gasteiger partial charge in [0, 0.05) is 12.1 Å². The molecule has 0 aliphatic heterocycles. The molecule has 0 saturated heterocycles. The van der Waals surface area contributed by atoms with E-state index in [1.54, 1.807) is 24.3 Å². The Bertz CT molecular complexity index is 490. The average molecular weight is 291 g/mol. The number of hydrogen-bond acceptors (Lipinski definition) is 3. The Hall–Kier alpha value is -2.30. The second-order valence-electron chi connectivity index (χ2n) is 4.61. The highest BCUT2D eigenvalue weighted by molar-refractivity contribution is 5.85. The summed E-state index contributed by atoms with van der Waals surface area (Å²) in [7, 11) is 0. The molecule has 0 aliphatic rings. The minimum Gasteiger partial charge on any atom is -0.484 e. The topological polar surface area (TPSA) is 75.6 Å². The Labute approximate surface area is 124 Å². The summed E-state index contributed by atoms with van der Waals surface area (Å²) in [5, 5.41) is 11.4. The van der Waals surface area contributed by atoms with Crippen molar-refractivity contribution in [3.63, 3.8) is 0 Å². The Morgan fingerprint density at radius 2 is 1.86 bits per heavy atom. The minimum absolute atomic E-state index is 0.0270. The molecule has 1 aromatic rings. The van der Waals surface area contributed by atoms with Crippen LogP contribution in [0.5, 0.6) is 5.75 Å². The molecule has 0 saturated carbocycles. The minimum atomic E-state index is -0.992. The summed E-state index contributed by atoms with van der Waals surface area (Å²) in [6.45, 7) is 4.03. The fourth-order valence-electron chi connectivity index (χ4n) is 1.75. The van der Waals surface area contributed by atoms with Gasteiger partial charge in [-0.05, 0) is 36.6 Å². The fraction of sp³-hybridized carbons (Fsp3) is 0.375. The monoisotopic (exact) mass is 291 g/mol. The van der Waals surface area contributed by atoms with E-state index in [9.17, 15) is 9.59 Å². The predicted molar refractivity (Wildman–Crippen MR) is 81.1 cm³/mol. The van der Waals surface area contributed by atoms with Crippen molar-refractivity contribution in [3.8, 4) is 5.75 Å². The molecule has 5 nitrogen and oxygen atoms in total. The third-order valence-corrected chi connectivity index (χ3v) is 3.02. The highest BCUT2D eigenvalue weighted by Gasteiger charge is 2.08. The lowest BCUT2D eigenvalue weighted by atomic mass is 10.2. The van der Waals surface area contributed by atoms with E-state index in [4.69, 9.17) is 9.84 Å². The highest BCUT2D eigenvalue weighted by atomic mass is 16.5. The lowest BCUT2D eigenvalue weighted by molar-refractivity contribution is -0.131. The summed E-state index contributed by atoms with van der Waals surface area (Å²) in [5.41, 5.74) is 0.756. The van der Waals surface area contributed by atoms with Crippen LogP contribution in [-0.2, 0) is 9.59 Å². The van der Waals surface area contributed by atoms with Crippen molar-refractivity contribution in [3.05, 3.63) is 35.9 Å². The van der Waals surface area contributed by atoms with Gasteiger partial charge in [-0.25, -0.2) is 4.79 Å². The van der Waals surface area contributed by atoms with Crippen LogP contribution in [0, 0.1) is 0 Å². The van der Waals surface area contributed by atoms with Crippen LogP contribution in [0.3, 0.4) is 0 Å². The van der Waals surface area contributed by atoms with Crippen LogP contribution >= 0.6 is 0 Å².